The Morgan fingerprint density at radius 2 is 2.39 bits per heavy atom. The predicted molar refractivity (Wildman–Crippen MR) is 66.9 cm³/mol. The van der Waals surface area contributed by atoms with E-state index in [2.05, 4.69) is 15.6 Å². The molecular weight excluding hydrogens is 232 g/mol. The van der Waals surface area contributed by atoms with E-state index in [1.54, 1.807) is 25.4 Å². The monoisotopic (exact) mass is 248 g/mol. The minimum absolute atomic E-state index is 0.0454. The van der Waals surface area contributed by atoms with Crippen molar-refractivity contribution < 1.29 is 9.53 Å². The molecule has 0 atom stereocenters. The van der Waals surface area contributed by atoms with E-state index >= 15 is 0 Å². The smallest absolute Gasteiger partial charge is 0.221 e. The number of rotatable bonds is 7. The standard InChI is InChI=1S/C12H16N4O2/c1-18-7-6-16-12(17)3-5-15-11-8-10(9-13)2-4-14-11/h2,4,8H,3,5-7H2,1H3,(H,14,15)(H,16,17). The molecule has 18 heavy (non-hydrogen) atoms. The zero-order valence-electron chi connectivity index (χ0n) is 10.3. The average molecular weight is 248 g/mol. The fourth-order valence-corrected chi connectivity index (χ4v) is 1.28. The number of hydrogen-bond donors (Lipinski definition) is 2. The van der Waals surface area contributed by atoms with Gasteiger partial charge in [-0.2, -0.15) is 5.26 Å². The molecule has 0 aromatic carbocycles. The molecule has 0 unspecified atom stereocenters. The van der Waals surface area contributed by atoms with Gasteiger partial charge in [0.2, 0.25) is 5.91 Å². The van der Waals surface area contributed by atoms with Gasteiger partial charge in [-0.3, -0.25) is 4.79 Å². The van der Waals surface area contributed by atoms with Crippen LogP contribution in [0.15, 0.2) is 18.3 Å². The van der Waals surface area contributed by atoms with Gasteiger partial charge in [-0.15, -0.1) is 0 Å². The number of amides is 1. The maximum Gasteiger partial charge on any atom is 0.221 e. The summed E-state index contributed by atoms with van der Waals surface area (Å²) in [5, 5.41) is 14.4. The lowest BCUT2D eigenvalue weighted by atomic mass is 10.3. The Kier molecular flexibility index (Phi) is 6.22. The van der Waals surface area contributed by atoms with Crippen molar-refractivity contribution in [3.05, 3.63) is 23.9 Å². The Labute approximate surface area is 106 Å². The van der Waals surface area contributed by atoms with E-state index in [-0.39, 0.29) is 5.91 Å². The summed E-state index contributed by atoms with van der Waals surface area (Å²) in [5.74, 6) is 0.551. The summed E-state index contributed by atoms with van der Waals surface area (Å²) in [6.45, 7) is 1.49. The van der Waals surface area contributed by atoms with Gasteiger partial charge in [0.05, 0.1) is 18.2 Å². The number of nitrogens with one attached hydrogen (secondary N) is 2. The molecule has 0 aliphatic carbocycles. The van der Waals surface area contributed by atoms with Crippen molar-refractivity contribution in [1.29, 1.82) is 5.26 Å². The molecule has 1 aromatic heterocycles. The summed E-state index contributed by atoms with van der Waals surface area (Å²) >= 11 is 0. The molecule has 96 valence electrons. The van der Waals surface area contributed by atoms with Crippen molar-refractivity contribution in [2.75, 3.05) is 32.1 Å². The normalized spacial score (nSPS) is 9.56. The van der Waals surface area contributed by atoms with Crippen LogP contribution in [0.1, 0.15) is 12.0 Å². The van der Waals surface area contributed by atoms with Crippen LogP contribution < -0.4 is 10.6 Å². The van der Waals surface area contributed by atoms with Crippen LogP contribution in [0.5, 0.6) is 0 Å². The molecule has 1 amide bonds. The molecule has 6 nitrogen and oxygen atoms in total. The van der Waals surface area contributed by atoms with Gasteiger partial charge in [0.1, 0.15) is 5.82 Å². The summed E-state index contributed by atoms with van der Waals surface area (Å²) in [5.41, 5.74) is 0.539. The van der Waals surface area contributed by atoms with Crippen LogP contribution in [0.4, 0.5) is 5.82 Å². The van der Waals surface area contributed by atoms with E-state index in [4.69, 9.17) is 10.00 Å². The topological polar surface area (TPSA) is 87.0 Å². The third-order valence-corrected chi connectivity index (χ3v) is 2.18. The number of aromatic nitrogens is 1. The van der Waals surface area contributed by atoms with Crippen molar-refractivity contribution >= 4 is 11.7 Å². The van der Waals surface area contributed by atoms with Crippen molar-refractivity contribution in [1.82, 2.24) is 10.3 Å². The average Bonchev–Trinajstić information content (AvgIpc) is 2.39. The Morgan fingerprint density at radius 1 is 1.56 bits per heavy atom. The molecule has 0 aliphatic heterocycles. The van der Waals surface area contributed by atoms with Crippen molar-refractivity contribution in [2.45, 2.75) is 6.42 Å². The number of carbonyl (C=O) groups is 1. The highest BCUT2D eigenvalue weighted by Crippen LogP contribution is 2.05. The Hall–Kier alpha value is -2.13. The van der Waals surface area contributed by atoms with Gasteiger partial charge in [-0.25, -0.2) is 4.98 Å². The van der Waals surface area contributed by atoms with Gasteiger partial charge >= 0.3 is 0 Å². The minimum Gasteiger partial charge on any atom is -0.383 e. The largest absolute Gasteiger partial charge is 0.383 e. The van der Waals surface area contributed by atoms with Crippen LogP contribution in [0.3, 0.4) is 0 Å². The third-order valence-electron chi connectivity index (χ3n) is 2.18. The van der Waals surface area contributed by atoms with Crippen LogP contribution in [0.25, 0.3) is 0 Å². The summed E-state index contributed by atoms with van der Waals surface area (Å²) < 4.78 is 4.82. The lowest BCUT2D eigenvalue weighted by Crippen LogP contribution is -2.28. The molecule has 0 saturated carbocycles. The van der Waals surface area contributed by atoms with Crippen LogP contribution in [-0.4, -0.2) is 37.7 Å². The number of methoxy groups -OCH3 is 1. The first-order valence-corrected chi connectivity index (χ1v) is 5.62. The molecule has 0 aliphatic rings. The second-order valence-electron chi connectivity index (χ2n) is 3.56. The third kappa shape index (κ3) is 5.27. The van der Waals surface area contributed by atoms with Crippen molar-refractivity contribution in [3.8, 4) is 6.07 Å². The maximum absolute atomic E-state index is 11.4. The van der Waals surface area contributed by atoms with Gasteiger partial charge in [0.25, 0.3) is 0 Å². The molecule has 6 heteroatoms. The number of ether oxygens (including phenoxy) is 1. The second-order valence-corrected chi connectivity index (χ2v) is 3.56. The van der Waals surface area contributed by atoms with Gasteiger partial charge < -0.3 is 15.4 Å². The molecule has 0 fully saturated rings. The predicted octanol–water partition coefficient (Wildman–Crippen LogP) is 0.518. The number of pyridine rings is 1. The van der Waals surface area contributed by atoms with Crippen LogP contribution in [-0.2, 0) is 9.53 Å². The molecule has 1 heterocycles. The molecule has 0 radical (unpaired) electrons. The van der Waals surface area contributed by atoms with Crippen LogP contribution in [0, 0.1) is 11.3 Å². The zero-order valence-corrected chi connectivity index (χ0v) is 10.3. The van der Waals surface area contributed by atoms with E-state index in [1.165, 1.54) is 0 Å². The second kappa shape index (κ2) is 8.03. The van der Waals surface area contributed by atoms with Gasteiger partial charge in [-0.05, 0) is 12.1 Å². The SMILES string of the molecule is COCCNC(=O)CCNc1cc(C#N)ccn1. The number of hydrogen-bond acceptors (Lipinski definition) is 5. The zero-order chi connectivity index (χ0) is 13.2. The number of anilines is 1. The molecule has 0 spiro atoms. The highest BCUT2D eigenvalue weighted by Gasteiger charge is 2.01. The summed E-state index contributed by atoms with van der Waals surface area (Å²) in [7, 11) is 1.58. The molecule has 1 rings (SSSR count). The fraction of sp³-hybridized carbons (Fsp3) is 0.417. The first kappa shape index (κ1) is 13.9. The lowest BCUT2D eigenvalue weighted by molar-refractivity contribution is -0.121. The summed E-state index contributed by atoms with van der Waals surface area (Å²) in [6.07, 6.45) is 1.90. The van der Waals surface area contributed by atoms with Gasteiger partial charge in [0, 0.05) is 32.8 Å². The Morgan fingerprint density at radius 3 is 3.11 bits per heavy atom. The molecule has 1 aromatic rings. The van der Waals surface area contributed by atoms with Crippen LogP contribution in [0.2, 0.25) is 0 Å². The highest BCUT2D eigenvalue weighted by molar-refractivity contribution is 5.76. The quantitative estimate of drug-likeness (QED) is 0.687. The van der Waals surface area contributed by atoms with Crippen molar-refractivity contribution in [2.24, 2.45) is 0 Å². The van der Waals surface area contributed by atoms with Crippen molar-refractivity contribution in [3.63, 3.8) is 0 Å². The molecular formula is C12H16N4O2. The molecule has 0 bridgehead atoms. The highest BCUT2D eigenvalue weighted by atomic mass is 16.5. The maximum atomic E-state index is 11.4. The Bertz CT molecular complexity index is 428. The molecule has 2 N–H and O–H groups in total. The lowest BCUT2D eigenvalue weighted by Gasteiger charge is -2.06. The number of carbonyl (C=O) groups excluding carboxylic acids is 1. The first-order valence-electron chi connectivity index (χ1n) is 5.62. The first-order chi connectivity index (χ1) is 8.76. The minimum atomic E-state index is -0.0454. The van der Waals surface area contributed by atoms with Gasteiger partial charge in [-0.1, -0.05) is 0 Å². The van der Waals surface area contributed by atoms with E-state index in [1.807, 2.05) is 6.07 Å². The summed E-state index contributed by atoms with van der Waals surface area (Å²) in [6, 6.07) is 5.30. The fourth-order valence-electron chi connectivity index (χ4n) is 1.28. The van der Waals surface area contributed by atoms with E-state index in [0.717, 1.165) is 0 Å². The molecule has 0 saturated heterocycles. The number of nitriles is 1. The number of nitrogens with zero attached hydrogens (tertiary/aromatic N) is 2. The van der Waals surface area contributed by atoms with Gasteiger partial charge in [0.15, 0.2) is 0 Å². The van der Waals surface area contributed by atoms with E-state index < -0.39 is 0 Å². The summed E-state index contributed by atoms with van der Waals surface area (Å²) in [4.78, 5) is 15.4. The van der Waals surface area contributed by atoms with Crippen LogP contribution >= 0.6 is 0 Å². The Balaban J connectivity index is 2.24. The van der Waals surface area contributed by atoms with E-state index in [9.17, 15) is 4.79 Å². The van der Waals surface area contributed by atoms with E-state index in [0.29, 0.717) is 37.5 Å².